The number of rotatable bonds is 2. The van der Waals surface area contributed by atoms with E-state index in [0.29, 0.717) is 22.0 Å². The molecule has 2 N–H and O–H groups in total. The highest BCUT2D eigenvalue weighted by Gasteiger charge is 2.18. The second-order valence-corrected chi connectivity index (χ2v) is 6.58. The van der Waals surface area contributed by atoms with Crippen molar-refractivity contribution in [2.45, 2.75) is 6.92 Å². The van der Waals surface area contributed by atoms with Crippen LogP contribution in [0.5, 0.6) is 0 Å². The van der Waals surface area contributed by atoms with E-state index in [0.717, 1.165) is 28.0 Å². The van der Waals surface area contributed by atoms with Crippen LogP contribution in [0, 0.1) is 6.92 Å². The molecule has 6 nitrogen and oxygen atoms in total. The molecule has 0 atom stereocenters. The molecule has 0 aliphatic rings. The highest BCUT2D eigenvalue weighted by Crippen LogP contribution is 2.37. The summed E-state index contributed by atoms with van der Waals surface area (Å²) in [6, 6.07) is 7.84. The third-order valence-electron chi connectivity index (χ3n) is 4.27. The molecule has 4 aromatic rings. The van der Waals surface area contributed by atoms with E-state index in [9.17, 15) is 0 Å². The zero-order valence-corrected chi connectivity index (χ0v) is 14.9. The van der Waals surface area contributed by atoms with Crippen LogP contribution in [0.3, 0.4) is 0 Å². The largest absolute Gasteiger partial charge is 0.382 e. The van der Waals surface area contributed by atoms with Gasteiger partial charge in [0.1, 0.15) is 29.0 Å². The predicted octanol–water partition coefficient (Wildman–Crippen LogP) is 3.55. The van der Waals surface area contributed by atoms with Gasteiger partial charge in [-0.2, -0.15) is 0 Å². The molecular weight excluding hydrogens is 336 g/mol. The molecule has 0 aliphatic carbocycles. The number of hydrogen-bond acceptors (Lipinski definition) is 5. The maximum Gasteiger partial charge on any atom is 0.167 e. The van der Waals surface area contributed by atoms with Gasteiger partial charge in [0, 0.05) is 30.2 Å². The van der Waals surface area contributed by atoms with Crippen molar-refractivity contribution >= 4 is 39.9 Å². The van der Waals surface area contributed by atoms with E-state index >= 15 is 0 Å². The Morgan fingerprint density at radius 3 is 2.72 bits per heavy atom. The fourth-order valence-corrected chi connectivity index (χ4v) is 3.34. The van der Waals surface area contributed by atoms with Crippen molar-refractivity contribution < 1.29 is 0 Å². The zero-order chi connectivity index (χ0) is 17.7. The first-order chi connectivity index (χ1) is 12.0. The maximum absolute atomic E-state index is 6.52. The fraction of sp³-hybridized carbons (Fsp3) is 0.167. The van der Waals surface area contributed by atoms with Gasteiger partial charge in [-0.25, -0.2) is 15.0 Å². The number of aryl methyl sites for hydroxylation is 1. The minimum absolute atomic E-state index is 0.412. The Balaban J connectivity index is 2.21. The van der Waals surface area contributed by atoms with Crippen LogP contribution in [0.4, 0.5) is 11.6 Å². The lowest BCUT2D eigenvalue weighted by Gasteiger charge is -2.17. The number of nitrogen functional groups attached to an aromatic ring is 1. The molecule has 25 heavy (non-hydrogen) atoms. The molecule has 3 heterocycles. The Morgan fingerprint density at radius 2 is 2.00 bits per heavy atom. The van der Waals surface area contributed by atoms with E-state index in [1.54, 1.807) is 12.5 Å². The third kappa shape index (κ3) is 2.37. The van der Waals surface area contributed by atoms with E-state index in [1.165, 1.54) is 0 Å². The molecule has 0 unspecified atom stereocenters. The lowest BCUT2D eigenvalue weighted by Crippen LogP contribution is -2.12. The number of pyridine rings is 1. The summed E-state index contributed by atoms with van der Waals surface area (Å²) in [6.45, 7) is 2.03. The topological polar surface area (TPSA) is 72.3 Å². The lowest BCUT2D eigenvalue weighted by atomic mass is 10.00. The van der Waals surface area contributed by atoms with Gasteiger partial charge in [-0.15, -0.1) is 0 Å². The average Bonchev–Trinajstić information content (AvgIpc) is 3.05. The van der Waals surface area contributed by atoms with Crippen LogP contribution in [0.2, 0.25) is 5.02 Å². The summed E-state index contributed by atoms with van der Waals surface area (Å²) < 4.78 is 1.86. The van der Waals surface area contributed by atoms with E-state index < -0.39 is 0 Å². The Bertz CT molecular complexity index is 1100. The van der Waals surface area contributed by atoms with Crippen LogP contribution in [0.1, 0.15) is 5.56 Å². The van der Waals surface area contributed by atoms with Gasteiger partial charge >= 0.3 is 0 Å². The molecule has 3 aromatic heterocycles. The van der Waals surface area contributed by atoms with Crippen molar-refractivity contribution in [3.05, 3.63) is 47.4 Å². The average molecular weight is 353 g/mol. The highest BCUT2D eigenvalue weighted by atomic mass is 35.5. The molecule has 7 heteroatoms. The number of nitrogens with two attached hydrogens (primary N) is 1. The molecule has 0 aliphatic heterocycles. The number of halogens is 1. The summed E-state index contributed by atoms with van der Waals surface area (Å²) >= 11 is 6.52. The number of anilines is 2. The van der Waals surface area contributed by atoms with Crippen molar-refractivity contribution in [1.82, 2.24) is 19.4 Å². The molecule has 126 valence electrons. The zero-order valence-electron chi connectivity index (χ0n) is 14.2. The smallest absolute Gasteiger partial charge is 0.167 e. The van der Waals surface area contributed by atoms with Crippen molar-refractivity contribution in [2.75, 3.05) is 24.7 Å². The molecule has 0 radical (unpaired) electrons. The van der Waals surface area contributed by atoms with Crippen LogP contribution in [-0.4, -0.2) is 33.4 Å². The van der Waals surface area contributed by atoms with Gasteiger partial charge in [0.05, 0.1) is 6.20 Å². The summed E-state index contributed by atoms with van der Waals surface area (Å²) in [5.41, 5.74) is 11.2. The van der Waals surface area contributed by atoms with E-state index in [-0.39, 0.29) is 0 Å². The molecule has 0 saturated carbocycles. The van der Waals surface area contributed by atoms with Gasteiger partial charge in [0.25, 0.3) is 0 Å². The Hall–Kier alpha value is -2.86. The summed E-state index contributed by atoms with van der Waals surface area (Å²) in [5, 5.41) is 0.670. The van der Waals surface area contributed by atoms with Crippen LogP contribution in [0.25, 0.3) is 27.8 Å². The van der Waals surface area contributed by atoms with Crippen LogP contribution >= 0.6 is 11.6 Å². The minimum Gasteiger partial charge on any atom is -0.382 e. The summed E-state index contributed by atoms with van der Waals surface area (Å²) in [4.78, 5) is 15.5. The molecule has 0 fully saturated rings. The van der Waals surface area contributed by atoms with Crippen molar-refractivity contribution in [1.29, 1.82) is 0 Å². The SMILES string of the molecule is Cc1cccc(Cl)c1-c1cc(N(C)C)nc2c1nc(N)c1cncn12. The molecule has 4 rings (SSSR count). The van der Waals surface area contributed by atoms with Crippen LogP contribution < -0.4 is 10.6 Å². The van der Waals surface area contributed by atoms with Crippen LogP contribution in [0.15, 0.2) is 36.8 Å². The highest BCUT2D eigenvalue weighted by molar-refractivity contribution is 6.34. The first-order valence-corrected chi connectivity index (χ1v) is 8.20. The van der Waals surface area contributed by atoms with Gasteiger partial charge in [-0.05, 0) is 24.6 Å². The van der Waals surface area contributed by atoms with Crippen LogP contribution in [-0.2, 0) is 0 Å². The molecule has 0 bridgehead atoms. The standard InChI is InChI=1S/C18H17ClN6/c1-10-5-4-6-12(19)15(10)11-7-14(24(2)3)22-18-16(11)23-17(20)13-8-21-9-25(13)18/h4-9H,1-3H3,(H2,20,23). The Labute approximate surface area is 149 Å². The number of aromatic nitrogens is 4. The quantitative estimate of drug-likeness (QED) is 0.597. The fourth-order valence-electron chi connectivity index (χ4n) is 3.01. The second kappa shape index (κ2) is 5.60. The Kier molecular flexibility index (Phi) is 3.51. The summed E-state index contributed by atoms with van der Waals surface area (Å²) in [5.74, 6) is 1.22. The number of hydrogen-bond donors (Lipinski definition) is 1. The van der Waals surface area contributed by atoms with E-state index in [4.69, 9.17) is 22.3 Å². The normalized spacial score (nSPS) is 11.4. The van der Waals surface area contributed by atoms with Gasteiger partial charge in [-0.3, -0.25) is 4.40 Å². The summed E-state index contributed by atoms with van der Waals surface area (Å²) in [7, 11) is 3.90. The number of imidazole rings is 1. The molecule has 0 spiro atoms. The minimum atomic E-state index is 0.412. The Morgan fingerprint density at radius 1 is 1.20 bits per heavy atom. The predicted molar refractivity (Wildman–Crippen MR) is 102 cm³/mol. The van der Waals surface area contributed by atoms with Gasteiger partial charge in [-0.1, -0.05) is 23.7 Å². The van der Waals surface area contributed by atoms with E-state index in [1.807, 2.05) is 54.6 Å². The van der Waals surface area contributed by atoms with Gasteiger partial charge < -0.3 is 10.6 Å². The van der Waals surface area contributed by atoms with Gasteiger partial charge in [0.2, 0.25) is 0 Å². The maximum atomic E-state index is 6.52. The molecular formula is C18H17ClN6. The number of nitrogens with zero attached hydrogens (tertiary/aromatic N) is 5. The number of fused-ring (bicyclic) bond motifs is 3. The van der Waals surface area contributed by atoms with Crippen molar-refractivity contribution in [3.63, 3.8) is 0 Å². The lowest BCUT2D eigenvalue weighted by molar-refractivity contribution is 1.06. The van der Waals surface area contributed by atoms with Crippen molar-refractivity contribution in [2.24, 2.45) is 0 Å². The van der Waals surface area contributed by atoms with Gasteiger partial charge in [0.15, 0.2) is 5.65 Å². The first kappa shape index (κ1) is 15.7. The first-order valence-electron chi connectivity index (χ1n) is 7.82. The molecule has 1 aromatic carbocycles. The summed E-state index contributed by atoms with van der Waals surface area (Å²) in [6.07, 6.45) is 3.39. The third-order valence-corrected chi connectivity index (χ3v) is 4.59. The molecule has 0 saturated heterocycles. The van der Waals surface area contributed by atoms with E-state index in [2.05, 4.69) is 9.97 Å². The van der Waals surface area contributed by atoms with Crippen molar-refractivity contribution in [3.8, 4) is 11.1 Å². The second-order valence-electron chi connectivity index (χ2n) is 6.17. The molecule has 0 amide bonds. The number of benzene rings is 1. The monoisotopic (exact) mass is 352 g/mol.